The molecule has 0 fully saturated rings. The second kappa shape index (κ2) is 19.5. The van der Waals surface area contributed by atoms with Crippen LogP contribution in [0.4, 0.5) is 11.4 Å². The fourth-order valence-corrected chi connectivity index (χ4v) is 9.89. The van der Waals surface area contributed by atoms with E-state index in [0.717, 1.165) is 65.4 Å². The molecule has 3 aliphatic rings. The summed E-state index contributed by atoms with van der Waals surface area (Å²) in [6.45, 7) is 10.1. The van der Waals surface area contributed by atoms with E-state index < -0.39 is 20.2 Å². The summed E-state index contributed by atoms with van der Waals surface area (Å²) in [4.78, 5) is 2.27. The minimum Gasteiger partial charge on any atom is -0.344 e. The molecule has 8 nitrogen and oxygen atoms in total. The van der Waals surface area contributed by atoms with Crippen LogP contribution in [0, 0.1) is 7.14 Å². The predicted octanol–water partition coefficient (Wildman–Crippen LogP) is 3.46. The molecular weight excluding hydrogens is 980 g/mol. The zero-order valence-corrected chi connectivity index (χ0v) is 42.1. The van der Waals surface area contributed by atoms with E-state index in [1.807, 2.05) is 0 Å². The molecule has 0 unspecified atom stereocenters. The molecule has 53 heavy (non-hydrogen) atoms. The van der Waals surface area contributed by atoms with E-state index in [9.17, 15) is 25.9 Å². The van der Waals surface area contributed by atoms with Crippen molar-refractivity contribution in [3.63, 3.8) is 0 Å². The van der Waals surface area contributed by atoms with Crippen LogP contribution in [0.3, 0.4) is 0 Å². The normalized spacial score (nSPS) is 19.5. The molecule has 5 rings (SSSR count). The Labute approximate surface area is 392 Å². The Morgan fingerprint density at radius 1 is 0.811 bits per heavy atom. The molecule has 0 saturated heterocycles. The second-order valence-electron chi connectivity index (χ2n) is 14.5. The van der Waals surface area contributed by atoms with Crippen LogP contribution in [0.15, 0.2) is 82.6 Å². The smallest absolute Gasteiger partial charge is 0.344 e. The van der Waals surface area contributed by atoms with Crippen LogP contribution >= 0.6 is 56.8 Å². The monoisotopic (exact) mass is 1030 g/mol. The summed E-state index contributed by atoms with van der Waals surface area (Å²) in [5.41, 5.74) is 8.46. The van der Waals surface area contributed by atoms with Crippen LogP contribution in [0.1, 0.15) is 83.8 Å². The van der Waals surface area contributed by atoms with Gasteiger partial charge in [0, 0.05) is 59.6 Å². The zero-order valence-electron chi connectivity index (χ0n) is 31.4. The first kappa shape index (κ1) is 47.8. The number of halogens is 3. The number of rotatable bonds is 13. The van der Waals surface area contributed by atoms with Crippen molar-refractivity contribution in [1.82, 2.24) is 0 Å². The molecule has 2 aromatic carbocycles. The van der Waals surface area contributed by atoms with Crippen molar-refractivity contribution in [2.75, 3.05) is 29.5 Å². The molecule has 276 valence electrons. The topological polar surface area (TPSA) is 115 Å². The van der Waals surface area contributed by atoms with Gasteiger partial charge in [-0.2, -0.15) is 21.4 Å². The number of fused-ring (bicyclic) bond motifs is 2. The van der Waals surface area contributed by atoms with E-state index in [4.69, 9.17) is 11.6 Å². The van der Waals surface area contributed by atoms with E-state index in [1.54, 1.807) is 0 Å². The fourth-order valence-electron chi connectivity index (χ4n) is 7.45. The minimum atomic E-state index is -4.01. The molecule has 0 atom stereocenters. The Balaban J connectivity index is 0.00000378. The SMILES string of the molecule is CC1(C)C(/C=C/C2=C(Cl)C(=C/C=C3/N(CCCCS(=O)(=O)O)c4ccc(I)cc4C3(C)C)/CCC2)=[N+](CCCCS(=O)(=O)O)c2ccc(I)cc21.[Na+].[Na+]. The Bertz CT molecular complexity index is 2100. The minimum absolute atomic E-state index is 0. The maximum absolute atomic E-state index is 11.4. The van der Waals surface area contributed by atoms with Gasteiger partial charge in [0.05, 0.1) is 16.9 Å². The van der Waals surface area contributed by atoms with Gasteiger partial charge in [-0.15, -0.1) is 0 Å². The Kier molecular flexibility index (Phi) is 17.6. The fraction of sp³-hybridized carbons (Fsp3) is 0.447. The maximum atomic E-state index is 11.4. The summed E-state index contributed by atoms with van der Waals surface area (Å²) >= 11 is 11.8. The first-order valence-electron chi connectivity index (χ1n) is 17.2. The average Bonchev–Trinajstić information content (AvgIpc) is 3.36. The van der Waals surface area contributed by atoms with Crippen molar-refractivity contribution in [3.05, 3.63) is 101 Å². The van der Waals surface area contributed by atoms with Crippen molar-refractivity contribution in [2.24, 2.45) is 0 Å². The number of benzene rings is 2. The molecule has 0 bridgehead atoms. The van der Waals surface area contributed by atoms with Gasteiger partial charge in [0.25, 0.3) is 20.2 Å². The summed E-state index contributed by atoms with van der Waals surface area (Å²) in [6, 6.07) is 12.9. The summed E-state index contributed by atoms with van der Waals surface area (Å²) in [6.07, 6.45) is 13.2. The summed E-state index contributed by atoms with van der Waals surface area (Å²) in [5, 5.41) is 0.750. The molecule has 0 spiro atoms. The van der Waals surface area contributed by atoms with Crippen LogP contribution in [-0.4, -0.2) is 60.8 Å². The van der Waals surface area contributed by atoms with Gasteiger partial charge in [-0.3, -0.25) is 9.11 Å². The molecule has 0 aromatic heterocycles. The Hall–Kier alpha value is 0.440. The number of unbranched alkanes of at least 4 members (excludes halogenated alkanes) is 2. The van der Waals surface area contributed by atoms with Gasteiger partial charge in [0.1, 0.15) is 6.54 Å². The van der Waals surface area contributed by atoms with Crippen molar-refractivity contribution in [1.29, 1.82) is 0 Å². The van der Waals surface area contributed by atoms with E-state index in [-0.39, 0.29) is 81.5 Å². The third kappa shape index (κ3) is 11.8. The third-order valence-corrected chi connectivity index (χ3v) is 13.6. The molecule has 2 aliphatic heterocycles. The Morgan fingerprint density at radius 2 is 1.42 bits per heavy atom. The molecular formula is C38H46ClI2N2Na2O6S2+3. The van der Waals surface area contributed by atoms with Crippen LogP contribution in [0.25, 0.3) is 0 Å². The Morgan fingerprint density at radius 3 is 2.06 bits per heavy atom. The van der Waals surface area contributed by atoms with Crippen LogP contribution in [-0.2, 0) is 31.1 Å². The van der Waals surface area contributed by atoms with Gasteiger partial charge in [0.15, 0.2) is 5.71 Å². The van der Waals surface area contributed by atoms with Gasteiger partial charge >= 0.3 is 59.1 Å². The van der Waals surface area contributed by atoms with Gasteiger partial charge in [-0.25, -0.2) is 0 Å². The van der Waals surface area contributed by atoms with Crippen LogP contribution in [0.5, 0.6) is 0 Å². The molecule has 2 aromatic rings. The molecule has 2 heterocycles. The third-order valence-electron chi connectivity index (χ3n) is 10.1. The molecule has 0 amide bonds. The number of hydrogen-bond donors (Lipinski definition) is 2. The number of nitrogens with zero attached hydrogens (tertiary/aromatic N) is 2. The van der Waals surface area contributed by atoms with Crippen LogP contribution < -0.4 is 64.0 Å². The van der Waals surface area contributed by atoms with E-state index in [0.29, 0.717) is 38.8 Å². The van der Waals surface area contributed by atoms with E-state index >= 15 is 0 Å². The maximum Gasteiger partial charge on any atom is 1.00 e. The molecule has 0 radical (unpaired) electrons. The molecule has 0 saturated carbocycles. The first-order valence-corrected chi connectivity index (χ1v) is 23.0. The zero-order chi connectivity index (χ0) is 37.4. The van der Waals surface area contributed by atoms with Gasteiger partial charge < -0.3 is 4.90 Å². The predicted molar refractivity (Wildman–Crippen MR) is 225 cm³/mol. The average molecular weight is 1030 g/mol. The quantitative estimate of drug-likeness (QED) is 0.104. The van der Waals surface area contributed by atoms with Gasteiger partial charge in [-0.05, 0) is 151 Å². The molecule has 2 N–H and O–H groups in total. The van der Waals surface area contributed by atoms with Crippen molar-refractivity contribution < 1.29 is 89.6 Å². The van der Waals surface area contributed by atoms with E-state index in [2.05, 4.69) is 143 Å². The van der Waals surface area contributed by atoms with E-state index in [1.165, 1.54) is 11.1 Å². The van der Waals surface area contributed by atoms with Crippen LogP contribution in [0.2, 0.25) is 0 Å². The first-order chi connectivity index (χ1) is 23.8. The summed E-state index contributed by atoms with van der Waals surface area (Å²) < 4.78 is 68.5. The summed E-state index contributed by atoms with van der Waals surface area (Å²) in [5.74, 6) is -0.506. The standard InChI is InChI=1S/C38H45ClI2N2O6S2.2Na/c1-37(2)30-24-28(40)14-16-32(30)42(20-5-7-22-50(44,45)46)34(37)18-12-26-10-9-11-27(36(26)39)13-19-35-38(3,4)31-25-29(41)15-17-33(31)43(35)21-6-8-23-51(47,48)49;;/h12-19,24-25H,5-11,20-23H2,1-4H3,(H-,44,45,46,47,48,49);;/q;2*+1/p+1. The van der Waals surface area contributed by atoms with Crippen molar-refractivity contribution >= 4 is 94.1 Å². The second-order valence-corrected chi connectivity index (χ2v) is 20.5. The van der Waals surface area contributed by atoms with Crippen molar-refractivity contribution in [3.8, 4) is 0 Å². The summed E-state index contributed by atoms with van der Waals surface area (Å²) in [7, 11) is -8.01. The van der Waals surface area contributed by atoms with Gasteiger partial charge in [-0.1, -0.05) is 37.6 Å². The number of allylic oxidation sites excluding steroid dienone is 8. The largest absolute Gasteiger partial charge is 1.00 e. The molecule has 15 heteroatoms. The number of anilines is 1. The van der Waals surface area contributed by atoms with Gasteiger partial charge in [0.2, 0.25) is 5.69 Å². The molecule has 1 aliphatic carbocycles. The number of hydrogen-bond acceptors (Lipinski definition) is 5. The van der Waals surface area contributed by atoms with Crippen molar-refractivity contribution in [2.45, 2.75) is 83.5 Å².